The highest BCUT2D eigenvalue weighted by Gasteiger charge is 2.36. The van der Waals surface area contributed by atoms with Gasteiger partial charge in [0.2, 0.25) is 5.91 Å². The van der Waals surface area contributed by atoms with Crippen LogP contribution in [0, 0.1) is 12.8 Å². The quantitative estimate of drug-likeness (QED) is 0.0619. The maximum Gasteiger partial charge on any atom is 0.294 e. The molecule has 5 aromatic rings. The summed E-state index contributed by atoms with van der Waals surface area (Å²) >= 11 is 0. The largest absolute Gasteiger partial charge is 0.507 e. The van der Waals surface area contributed by atoms with Crippen LogP contribution in [0.2, 0.25) is 0 Å². The molecule has 1 amide bonds. The van der Waals surface area contributed by atoms with Gasteiger partial charge in [-0.05, 0) is 96.6 Å². The summed E-state index contributed by atoms with van der Waals surface area (Å²) in [6.45, 7) is 3.73. The Morgan fingerprint density at radius 3 is 2.23 bits per heavy atom. The molecule has 6 rings (SSSR count). The predicted molar refractivity (Wildman–Crippen MR) is 183 cm³/mol. The lowest BCUT2D eigenvalue weighted by atomic mass is 9.98. The van der Waals surface area contributed by atoms with Crippen molar-refractivity contribution >= 4 is 55.6 Å². The van der Waals surface area contributed by atoms with Gasteiger partial charge in [0.15, 0.2) is 5.75 Å². The maximum absolute atomic E-state index is 13.2. The molecule has 13 heteroatoms. The average Bonchev–Trinajstić information content (AvgIpc) is 3.34. The summed E-state index contributed by atoms with van der Waals surface area (Å²) in [5, 5.41) is 43.0. The van der Waals surface area contributed by atoms with Crippen LogP contribution in [0.1, 0.15) is 18.1 Å². The number of fused-ring (bicyclic) bond motifs is 1. The number of carbonyl (C=O) groups excluding carboxylic acids is 1. The highest BCUT2D eigenvalue weighted by Crippen LogP contribution is 2.41. The number of benzene rings is 5. The minimum absolute atomic E-state index is 0.0145. The molecule has 2 unspecified atom stereocenters. The molecule has 2 atom stereocenters. The first-order valence-corrected chi connectivity index (χ1v) is 16.2. The second-order valence-electron chi connectivity index (χ2n) is 11.4. The lowest BCUT2D eigenvalue weighted by molar-refractivity contribution is -0.119. The molecule has 48 heavy (non-hydrogen) atoms. The van der Waals surface area contributed by atoms with Gasteiger partial charge in [0, 0.05) is 22.7 Å². The number of azo groups is 1. The molecule has 5 aromatic carbocycles. The van der Waals surface area contributed by atoms with E-state index in [0.717, 1.165) is 10.9 Å². The topological polar surface area (TPSA) is 198 Å². The van der Waals surface area contributed by atoms with Crippen molar-refractivity contribution in [3.8, 4) is 28.4 Å². The molecule has 1 aliphatic heterocycles. The lowest BCUT2D eigenvalue weighted by Crippen LogP contribution is -2.36. The van der Waals surface area contributed by atoms with Gasteiger partial charge in [-0.2, -0.15) is 8.42 Å². The minimum Gasteiger partial charge on any atom is -0.507 e. The Morgan fingerprint density at radius 2 is 1.52 bits per heavy atom. The number of hydrogen-bond donors (Lipinski definition) is 6. The molecule has 12 nitrogen and oxygen atoms in total. The van der Waals surface area contributed by atoms with Gasteiger partial charge < -0.3 is 21.1 Å². The molecule has 1 saturated heterocycles. The van der Waals surface area contributed by atoms with Gasteiger partial charge in [0.25, 0.3) is 10.1 Å². The van der Waals surface area contributed by atoms with Crippen LogP contribution in [0.15, 0.2) is 106 Å². The Bertz CT molecular complexity index is 2250. The fourth-order valence-electron chi connectivity index (χ4n) is 5.57. The summed E-state index contributed by atoms with van der Waals surface area (Å²) in [6, 6.07) is 21.7. The van der Waals surface area contributed by atoms with E-state index < -0.39 is 16.0 Å². The summed E-state index contributed by atoms with van der Waals surface area (Å²) in [5.74, 6) is -1.17. The van der Waals surface area contributed by atoms with Crippen molar-refractivity contribution in [2.75, 3.05) is 10.7 Å². The number of nitrogen functional groups attached to an aromatic ring is 1. The van der Waals surface area contributed by atoms with Crippen LogP contribution >= 0.6 is 0 Å². The Hall–Kier alpha value is -5.76. The maximum atomic E-state index is 13.2. The molecule has 7 N–H and O–H groups in total. The summed E-state index contributed by atoms with van der Waals surface area (Å²) in [4.78, 5) is 12.9. The zero-order valence-electron chi connectivity index (χ0n) is 25.7. The highest BCUT2D eigenvalue weighted by atomic mass is 32.2. The molecular weight excluding hydrogens is 634 g/mol. The van der Waals surface area contributed by atoms with Crippen LogP contribution in [-0.2, 0) is 14.9 Å². The number of carbonyl (C=O) groups is 1. The molecule has 0 radical (unpaired) electrons. The van der Waals surface area contributed by atoms with E-state index in [1.165, 1.54) is 41.4 Å². The Labute approximate surface area is 275 Å². The van der Waals surface area contributed by atoms with E-state index in [0.29, 0.717) is 33.5 Å². The number of phenolic OH excluding ortho intramolecular Hbond substituents is 3. The standard InChI is InChI=1S/C35H31N5O7S/c1-19-3-13-28(36)33-26(19)12-15-30(34(33)43)38-37-29-14-5-22(18-32(29)42)21-6-16-31(41)23(17-21)4-11-27-20(2)39-40(35(27)44)24-7-9-25(10-8-24)48(45,46)47/h3-18,20,27,39,41-43H,36H2,1-2H3,(H,45,46,47). The second-order valence-corrected chi connectivity index (χ2v) is 12.9. The molecule has 1 aliphatic rings. The molecule has 0 aromatic heterocycles. The van der Waals surface area contributed by atoms with E-state index >= 15 is 0 Å². The van der Waals surface area contributed by atoms with E-state index in [1.54, 1.807) is 54.6 Å². The Morgan fingerprint density at radius 1 is 0.854 bits per heavy atom. The molecule has 0 aliphatic carbocycles. The number of anilines is 2. The number of nitrogens with one attached hydrogen (secondary N) is 1. The molecule has 244 valence electrons. The molecule has 1 heterocycles. The number of phenols is 3. The number of nitrogens with zero attached hydrogens (tertiary/aromatic N) is 3. The third-order valence-corrected chi connectivity index (χ3v) is 9.11. The molecule has 1 fully saturated rings. The molecular formula is C35H31N5O7S. The van der Waals surface area contributed by atoms with E-state index in [1.807, 2.05) is 19.9 Å². The van der Waals surface area contributed by atoms with E-state index in [-0.39, 0.29) is 45.5 Å². The van der Waals surface area contributed by atoms with E-state index in [2.05, 4.69) is 15.7 Å². The predicted octanol–water partition coefficient (Wildman–Crippen LogP) is 6.75. The second kappa shape index (κ2) is 12.4. The van der Waals surface area contributed by atoms with Crippen LogP contribution in [-0.4, -0.2) is 40.2 Å². The smallest absolute Gasteiger partial charge is 0.294 e. The Kier molecular flexibility index (Phi) is 8.35. The van der Waals surface area contributed by atoms with Crippen LogP contribution in [0.3, 0.4) is 0 Å². The number of aromatic hydroxyl groups is 3. The molecule has 0 bridgehead atoms. The van der Waals surface area contributed by atoms with Gasteiger partial charge in [-0.25, -0.2) is 10.4 Å². The normalized spacial score (nSPS) is 16.9. The van der Waals surface area contributed by atoms with Crippen LogP contribution in [0.25, 0.3) is 28.0 Å². The molecule has 0 spiro atoms. The van der Waals surface area contributed by atoms with Gasteiger partial charge in [-0.3, -0.25) is 9.35 Å². The lowest BCUT2D eigenvalue weighted by Gasteiger charge is -2.16. The summed E-state index contributed by atoms with van der Waals surface area (Å²) < 4.78 is 31.9. The van der Waals surface area contributed by atoms with Gasteiger partial charge in [-0.15, -0.1) is 10.2 Å². The van der Waals surface area contributed by atoms with Crippen molar-refractivity contribution in [2.24, 2.45) is 16.1 Å². The number of aryl methyl sites for hydroxylation is 1. The van der Waals surface area contributed by atoms with Gasteiger partial charge in [0.05, 0.1) is 16.5 Å². The van der Waals surface area contributed by atoms with Crippen molar-refractivity contribution in [3.63, 3.8) is 0 Å². The highest BCUT2D eigenvalue weighted by molar-refractivity contribution is 7.85. The number of amides is 1. The van der Waals surface area contributed by atoms with Gasteiger partial charge in [-0.1, -0.05) is 36.4 Å². The number of hydrazine groups is 1. The zero-order valence-corrected chi connectivity index (χ0v) is 26.5. The van der Waals surface area contributed by atoms with E-state index in [9.17, 15) is 33.1 Å². The summed E-state index contributed by atoms with van der Waals surface area (Å²) in [6.07, 6.45) is 3.31. The fraction of sp³-hybridized carbons (Fsp3) is 0.114. The van der Waals surface area contributed by atoms with Crippen molar-refractivity contribution in [1.82, 2.24) is 5.43 Å². The third-order valence-electron chi connectivity index (χ3n) is 8.24. The third kappa shape index (κ3) is 6.17. The fourth-order valence-corrected chi connectivity index (χ4v) is 6.05. The van der Waals surface area contributed by atoms with Gasteiger partial charge >= 0.3 is 0 Å². The molecule has 0 saturated carbocycles. The van der Waals surface area contributed by atoms with Gasteiger partial charge in [0.1, 0.15) is 22.9 Å². The van der Waals surface area contributed by atoms with Crippen molar-refractivity contribution < 1.29 is 33.1 Å². The first kappa shape index (κ1) is 32.2. The average molecular weight is 666 g/mol. The minimum atomic E-state index is -4.37. The van der Waals surface area contributed by atoms with Crippen molar-refractivity contribution in [1.29, 1.82) is 0 Å². The number of rotatable bonds is 7. The first-order valence-electron chi connectivity index (χ1n) is 14.8. The number of nitrogens with two attached hydrogens (primary N) is 1. The monoisotopic (exact) mass is 665 g/mol. The van der Waals surface area contributed by atoms with E-state index in [4.69, 9.17) is 5.73 Å². The zero-order chi connectivity index (χ0) is 34.3. The summed E-state index contributed by atoms with van der Waals surface area (Å²) in [5.41, 5.74) is 13.0. The van der Waals surface area contributed by atoms with Crippen molar-refractivity contribution in [3.05, 3.63) is 102 Å². The van der Waals surface area contributed by atoms with Crippen LogP contribution in [0.4, 0.5) is 22.7 Å². The van der Waals surface area contributed by atoms with Crippen LogP contribution < -0.4 is 16.2 Å². The summed E-state index contributed by atoms with van der Waals surface area (Å²) in [7, 11) is -4.37. The Balaban J connectivity index is 1.20. The van der Waals surface area contributed by atoms with Crippen LogP contribution in [0.5, 0.6) is 17.2 Å². The SMILES string of the molecule is Cc1ccc(N)c2c(O)c(N=Nc3ccc(-c4ccc(O)c(C=CC5C(=O)N(c6ccc(S(=O)(=O)O)cc6)NC5C)c4)cc3O)ccc12. The number of hydrogen-bond acceptors (Lipinski definition) is 10. The van der Waals surface area contributed by atoms with Crippen molar-refractivity contribution in [2.45, 2.75) is 24.8 Å². The first-order chi connectivity index (χ1) is 22.8.